The Morgan fingerprint density at radius 3 is 3.11 bits per heavy atom. The first-order valence-electron chi connectivity index (χ1n) is 6.69. The van der Waals surface area contributed by atoms with E-state index in [4.69, 9.17) is 5.73 Å². The third-order valence-corrected chi connectivity index (χ3v) is 3.66. The minimum Gasteiger partial charge on any atom is -0.388 e. The van der Waals surface area contributed by atoms with Crippen LogP contribution < -0.4 is 11.1 Å². The van der Waals surface area contributed by atoms with Crippen molar-refractivity contribution >= 4 is 5.91 Å². The second-order valence-electron chi connectivity index (χ2n) is 5.36. The molecule has 0 radical (unpaired) electrons. The largest absolute Gasteiger partial charge is 0.388 e. The number of rotatable bonds is 3. The van der Waals surface area contributed by atoms with Gasteiger partial charge in [0.2, 0.25) is 0 Å². The van der Waals surface area contributed by atoms with Crippen molar-refractivity contribution in [2.75, 3.05) is 6.54 Å². The van der Waals surface area contributed by atoms with E-state index in [0.29, 0.717) is 18.5 Å². The zero-order valence-electron chi connectivity index (χ0n) is 11.2. The molecule has 2 unspecified atom stereocenters. The standard InChI is InChI=1S/C14H21N3O2/c1-10-4-2-6-12(16-10)13(18)17-11-5-3-7-14(19,8-11)9-15/h2,4,6,11,19H,3,5,7-9,15H2,1H3,(H,17,18). The SMILES string of the molecule is Cc1cccc(C(=O)NC2CCCC(O)(CN)C2)n1. The predicted octanol–water partition coefficient (Wildman–Crippen LogP) is 0.752. The molecule has 1 aromatic rings. The van der Waals surface area contributed by atoms with Crippen LogP contribution in [0.15, 0.2) is 18.2 Å². The molecule has 1 saturated carbocycles. The molecule has 0 saturated heterocycles. The van der Waals surface area contributed by atoms with Gasteiger partial charge in [-0.1, -0.05) is 6.07 Å². The van der Waals surface area contributed by atoms with E-state index in [9.17, 15) is 9.90 Å². The number of pyridine rings is 1. The highest BCUT2D eigenvalue weighted by Gasteiger charge is 2.33. The summed E-state index contributed by atoms with van der Waals surface area (Å²) < 4.78 is 0. The molecule has 0 aromatic carbocycles. The third-order valence-electron chi connectivity index (χ3n) is 3.66. The summed E-state index contributed by atoms with van der Waals surface area (Å²) in [6.07, 6.45) is 2.97. The molecule has 1 amide bonds. The fourth-order valence-corrected chi connectivity index (χ4v) is 2.58. The molecule has 1 heterocycles. The normalized spacial score (nSPS) is 27.0. The number of carbonyl (C=O) groups is 1. The average molecular weight is 263 g/mol. The molecular formula is C14H21N3O2. The van der Waals surface area contributed by atoms with Crippen LogP contribution in [-0.2, 0) is 0 Å². The molecule has 2 rings (SSSR count). The molecule has 5 heteroatoms. The Labute approximate surface area is 113 Å². The fourth-order valence-electron chi connectivity index (χ4n) is 2.58. The minimum atomic E-state index is -0.837. The number of hydrogen-bond acceptors (Lipinski definition) is 4. The lowest BCUT2D eigenvalue weighted by Gasteiger charge is -2.36. The van der Waals surface area contributed by atoms with E-state index in [1.165, 1.54) is 0 Å². The lowest BCUT2D eigenvalue weighted by Crippen LogP contribution is -2.49. The Hall–Kier alpha value is -1.46. The van der Waals surface area contributed by atoms with E-state index in [2.05, 4.69) is 10.3 Å². The van der Waals surface area contributed by atoms with Gasteiger partial charge in [-0.05, 0) is 44.7 Å². The van der Waals surface area contributed by atoms with Crippen molar-refractivity contribution in [3.05, 3.63) is 29.6 Å². The third kappa shape index (κ3) is 3.52. The first kappa shape index (κ1) is 14.0. The van der Waals surface area contributed by atoms with Gasteiger partial charge in [0, 0.05) is 18.3 Å². The number of aliphatic hydroxyl groups is 1. The Morgan fingerprint density at radius 2 is 2.42 bits per heavy atom. The highest BCUT2D eigenvalue weighted by Crippen LogP contribution is 2.27. The van der Waals surface area contributed by atoms with E-state index in [1.807, 2.05) is 19.1 Å². The van der Waals surface area contributed by atoms with Gasteiger partial charge < -0.3 is 16.2 Å². The van der Waals surface area contributed by atoms with Crippen molar-refractivity contribution in [2.24, 2.45) is 5.73 Å². The quantitative estimate of drug-likeness (QED) is 0.751. The molecule has 0 aliphatic heterocycles. The smallest absolute Gasteiger partial charge is 0.270 e. The first-order valence-corrected chi connectivity index (χ1v) is 6.69. The predicted molar refractivity (Wildman–Crippen MR) is 72.7 cm³/mol. The Balaban J connectivity index is 1.99. The molecular weight excluding hydrogens is 242 g/mol. The van der Waals surface area contributed by atoms with Crippen LogP contribution in [0.5, 0.6) is 0 Å². The van der Waals surface area contributed by atoms with E-state index >= 15 is 0 Å². The summed E-state index contributed by atoms with van der Waals surface area (Å²) in [5.41, 5.74) is 5.98. The number of carbonyl (C=O) groups excluding carboxylic acids is 1. The topological polar surface area (TPSA) is 88.2 Å². The van der Waals surface area contributed by atoms with Crippen molar-refractivity contribution in [1.82, 2.24) is 10.3 Å². The van der Waals surface area contributed by atoms with E-state index in [-0.39, 0.29) is 18.5 Å². The Kier molecular flexibility index (Phi) is 4.17. The monoisotopic (exact) mass is 263 g/mol. The Bertz CT molecular complexity index is 464. The number of nitrogens with two attached hydrogens (primary N) is 1. The van der Waals surface area contributed by atoms with Gasteiger partial charge in [-0.3, -0.25) is 4.79 Å². The van der Waals surface area contributed by atoms with Gasteiger partial charge in [0.05, 0.1) is 5.60 Å². The summed E-state index contributed by atoms with van der Waals surface area (Å²) in [6.45, 7) is 2.09. The molecule has 0 spiro atoms. The molecule has 1 aliphatic carbocycles. The molecule has 0 bridgehead atoms. The average Bonchev–Trinajstić information content (AvgIpc) is 2.39. The fraction of sp³-hybridized carbons (Fsp3) is 0.571. The van der Waals surface area contributed by atoms with Gasteiger partial charge in [0.25, 0.3) is 5.91 Å². The summed E-state index contributed by atoms with van der Waals surface area (Å²) in [5.74, 6) is -0.185. The Morgan fingerprint density at radius 1 is 1.63 bits per heavy atom. The highest BCUT2D eigenvalue weighted by atomic mass is 16.3. The lowest BCUT2D eigenvalue weighted by atomic mass is 9.82. The van der Waals surface area contributed by atoms with Gasteiger partial charge in [0.1, 0.15) is 5.69 Å². The van der Waals surface area contributed by atoms with Crippen LogP contribution in [0, 0.1) is 6.92 Å². The zero-order chi connectivity index (χ0) is 13.9. The summed E-state index contributed by atoms with van der Waals surface area (Å²) in [5, 5.41) is 13.1. The summed E-state index contributed by atoms with van der Waals surface area (Å²) in [7, 11) is 0. The van der Waals surface area contributed by atoms with Crippen LogP contribution in [0.25, 0.3) is 0 Å². The van der Waals surface area contributed by atoms with Crippen molar-refractivity contribution < 1.29 is 9.90 Å². The summed E-state index contributed by atoms with van der Waals surface area (Å²) >= 11 is 0. The van der Waals surface area contributed by atoms with Crippen LogP contribution in [0.1, 0.15) is 41.9 Å². The second kappa shape index (κ2) is 5.67. The van der Waals surface area contributed by atoms with Crippen molar-refractivity contribution in [2.45, 2.75) is 44.2 Å². The van der Waals surface area contributed by atoms with E-state index < -0.39 is 5.60 Å². The van der Waals surface area contributed by atoms with Gasteiger partial charge in [0.15, 0.2) is 0 Å². The molecule has 104 valence electrons. The number of aryl methyl sites for hydroxylation is 1. The summed E-state index contributed by atoms with van der Waals surface area (Å²) in [4.78, 5) is 16.3. The molecule has 19 heavy (non-hydrogen) atoms. The van der Waals surface area contributed by atoms with Gasteiger partial charge in [-0.15, -0.1) is 0 Å². The van der Waals surface area contributed by atoms with Crippen LogP contribution in [0.4, 0.5) is 0 Å². The van der Waals surface area contributed by atoms with Gasteiger partial charge >= 0.3 is 0 Å². The van der Waals surface area contributed by atoms with Gasteiger partial charge in [-0.2, -0.15) is 0 Å². The van der Waals surface area contributed by atoms with Crippen LogP contribution in [-0.4, -0.2) is 34.2 Å². The van der Waals surface area contributed by atoms with E-state index in [0.717, 1.165) is 18.5 Å². The highest BCUT2D eigenvalue weighted by molar-refractivity contribution is 5.92. The maximum Gasteiger partial charge on any atom is 0.270 e. The maximum atomic E-state index is 12.1. The van der Waals surface area contributed by atoms with Crippen molar-refractivity contribution in [3.63, 3.8) is 0 Å². The van der Waals surface area contributed by atoms with Crippen LogP contribution in [0.3, 0.4) is 0 Å². The van der Waals surface area contributed by atoms with Crippen LogP contribution >= 0.6 is 0 Å². The molecule has 4 N–H and O–H groups in total. The first-order chi connectivity index (χ1) is 9.02. The number of amides is 1. The van der Waals surface area contributed by atoms with Gasteiger partial charge in [-0.25, -0.2) is 4.98 Å². The zero-order valence-corrected chi connectivity index (χ0v) is 11.2. The minimum absolute atomic E-state index is 0.0305. The summed E-state index contributed by atoms with van der Waals surface area (Å²) in [6, 6.07) is 5.33. The number of aromatic nitrogens is 1. The lowest BCUT2D eigenvalue weighted by molar-refractivity contribution is 0.00153. The maximum absolute atomic E-state index is 12.1. The van der Waals surface area contributed by atoms with Crippen molar-refractivity contribution in [3.8, 4) is 0 Å². The molecule has 1 aliphatic rings. The molecule has 2 atom stereocenters. The van der Waals surface area contributed by atoms with E-state index in [1.54, 1.807) is 6.07 Å². The number of nitrogens with zero attached hydrogens (tertiary/aromatic N) is 1. The van der Waals surface area contributed by atoms with Crippen molar-refractivity contribution in [1.29, 1.82) is 0 Å². The molecule has 1 aromatic heterocycles. The number of nitrogens with one attached hydrogen (secondary N) is 1. The molecule has 1 fully saturated rings. The second-order valence-corrected chi connectivity index (χ2v) is 5.36. The van der Waals surface area contributed by atoms with Crippen LogP contribution in [0.2, 0.25) is 0 Å². The number of hydrogen-bond donors (Lipinski definition) is 3. The molecule has 5 nitrogen and oxygen atoms in total.